The quantitative estimate of drug-likeness (QED) is 0.569. The van der Waals surface area contributed by atoms with Crippen molar-refractivity contribution in [3.8, 4) is 0 Å². The molecule has 0 amide bonds. The van der Waals surface area contributed by atoms with E-state index in [4.69, 9.17) is 9.84 Å². The Hall–Kier alpha value is -1.06. The van der Waals surface area contributed by atoms with Gasteiger partial charge in [0, 0.05) is 12.7 Å². The second kappa shape index (κ2) is 7.28. The third kappa shape index (κ3) is 3.78. The van der Waals surface area contributed by atoms with Gasteiger partial charge < -0.3 is 20.1 Å². The summed E-state index contributed by atoms with van der Waals surface area (Å²) in [4.78, 5) is 2.22. The molecule has 21 heavy (non-hydrogen) atoms. The number of hydrogen-bond donors (Lipinski definition) is 3. The van der Waals surface area contributed by atoms with Crippen molar-refractivity contribution < 1.29 is 20.1 Å². The van der Waals surface area contributed by atoms with Crippen LogP contribution in [0.25, 0.3) is 0 Å². The largest absolute Gasteiger partial charge is 0.394 e. The van der Waals surface area contributed by atoms with Crippen molar-refractivity contribution in [2.24, 2.45) is 0 Å². The summed E-state index contributed by atoms with van der Waals surface area (Å²) in [6.45, 7) is 6.76. The normalized spacial score (nSPS) is 29.4. The van der Waals surface area contributed by atoms with E-state index < -0.39 is 24.4 Å². The van der Waals surface area contributed by atoms with Crippen LogP contribution in [0, 0.1) is 0 Å². The number of hydrogen-bond acceptors (Lipinski definition) is 7. The van der Waals surface area contributed by atoms with Gasteiger partial charge >= 0.3 is 0 Å². The number of rotatable bonds is 7. The first-order valence-corrected chi connectivity index (χ1v) is 7.32. The van der Waals surface area contributed by atoms with Crippen molar-refractivity contribution in [2.75, 3.05) is 19.7 Å². The van der Waals surface area contributed by atoms with Crippen LogP contribution >= 0.6 is 0 Å². The minimum atomic E-state index is -1.07. The molecule has 1 aromatic heterocycles. The SMILES string of the molecule is CCN(CC)Cc1cn(C[C@@H]2O[C@H](CO)[C@@H](O)[C@@H]2O)nn1. The average molecular weight is 300 g/mol. The fraction of sp³-hybridized carbons (Fsp3) is 0.846. The van der Waals surface area contributed by atoms with Crippen LogP contribution < -0.4 is 0 Å². The lowest BCUT2D eigenvalue weighted by atomic mass is 10.1. The van der Waals surface area contributed by atoms with Gasteiger partial charge in [0.2, 0.25) is 0 Å². The standard InChI is InChI=1S/C13H24N4O4/c1-3-16(4-2)5-9-6-17(15-14-9)7-10-12(19)13(20)11(8-18)21-10/h6,10-13,18-20H,3-5,7-8H2,1-2H3/t10-,11+,12+,13+/m0/s1. The predicted molar refractivity (Wildman–Crippen MR) is 74.4 cm³/mol. The van der Waals surface area contributed by atoms with Gasteiger partial charge in [-0.1, -0.05) is 19.1 Å². The molecule has 0 unspecified atom stereocenters. The van der Waals surface area contributed by atoms with E-state index in [0.29, 0.717) is 6.54 Å². The van der Waals surface area contributed by atoms with Gasteiger partial charge in [-0.25, -0.2) is 4.68 Å². The van der Waals surface area contributed by atoms with Crippen molar-refractivity contribution in [2.45, 2.75) is 51.4 Å². The molecular weight excluding hydrogens is 276 g/mol. The molecule has 2 heterocycles. The van der Waals surface area contributed by atoms with Gasteiger partial charge in [0.25, 0.3) is 0 Å². The van der Waals surface area contributed by atoms with Crippen molar-refractivity contribution in [3.05, 3.63) is 11.9 Å². The predicted octanol–water partition coefficient (Wildman–Crippen LogP) is -1.40. The van der Waals surface area contributed by atoms with Crippen LogP contribution in [0.15, 0.2) is 6.20 Å². The summed E-state index contributed by atoms with van der Waals surface area (Å²) in [5.41, 5.74) is 0.852. The van der Waals surface area contributed by atoms with Crippen molar-refractivity contribution in [3.63, 3.8) is 0 Å². The second-order valence-electron chi connectivity index (χ2n) is 5.27. The highest BCUT2D eigenvalue weighted by atomic mass is 16.6. The van der Waals surface area contributed by atoms with E-state index >= 15 is 0 Å². The maximum absolute atomic E-state index is 9.89. The number of aromatic nitrogens is 3. The summed E-state index contributed by atoms with van der Waals surface area (Å²) in [7, 11) is 0. The van der Waals surface area contributed by atoms with Gasteiger partial charge in [-0.05, 0) is 13.1 Å². The summed E-state index contributed by atoms with van der Waals surface area (Å²) in [5, 5.41) is 36.8. The third-order valence-electron chi connectivity index (χ3n) is 3.87. The van der Waals surface area contributed by atoms with Gasteiger partial charge in [-0.2, -0.15) is 0 Å². The van der Waals surface area contributed by atoms with E-state index in [2.05, 4.69) is 29.1 Å². The van der Waals surface area contributed by atoms with Crippen LogP contribution in [-0.2, 0) is 17.8 Å². The van der Waals surface area contributed by atoms with Crippen LogP contribution in [0.5, 0.6) is 0 Å². The van der Waals surface area contributed by atoms with Crippen LogP contribution in [0.4, 0.5) is 0 Å². The van der Waals surface area contributed by atoms with E-state index in [-0.39, 0.29) is 6.61 Å². The Bertz CT molecular complexity index is 438. The van der Waals surface area contributed by atoms with Gasteiger partial charge in [0.1, 0.15) is 24.4 Å². The smallest absolute Gasteiger partial charge is 0.111 e. The minimum absolute atomic E-state index is 0.292. The molecule has 0 aromatic carbocycles. The topological polar surface area (TPSA) is 104 Å². The number of ether oxygens (including phenoxy) is 1. The Labute approximate surface area is 123 Å². The number of aliphatic hydroxyl groups is 3. The summed E-state index contributed by atoms with van der Waals surface area (Å²) < 4.78 is 7.02. The zero-order valence-electron chi connectivity index (χ0n) is 12.5. The summed E-state index contributed by atoms with van der Waals surface area (Å²) in [6, 6.07) is 0. The molecule has 0 bridgehead atoms. The molecule has 8 nitrogen and oxygen atoms in total. The Morgan fingerprint density at radius 1 is 1.24 bits per heavy atom. The second-order valence-corrected chi connectivity index (χ2v) is 5.27. The van der Waals surface area contributed by atoms with E-state index in [9.17, 15) is 10.2 Å². The highest BCUT2D eigenvalue weighted by molar-refractivity contribution is 4.95. The Morgan fingerprint density at radius 2 is 1.90 bits per heavy atom. The molecule has 0 saturated carbocycles. The summed E-state index contributed by atoms with van der Waals surface area (Å²) in [6.07, 6.45) is -1.63. The molecular formula is C13H24N4O4. The fourth-order valence-electron chi connectivity index (χ4n) is 2.49. The van der Waals surface area contributed by atoms with E-state index in [1.807, 2.05) is 6.20 Å². The zero-order chi connectivity index (χ0) is 15.4. The number of nitrogens with zero attached hydrogens (tertiary/aromatic N) is 4. The van der Waals surface area contributed by atoms with Gasteiger partial charge in [-0.3, -0.25) is 4.90 Å². The van der Waals surface area contributed by atoms with Crippen LogP contribution in [0.2, 0.25) is 0 Å². The van der Waals surface area contributed by atoms with Crippen molar-refractivity contribution >= 4 is 0 Å². The fourth-order valence-corrected chi connectivity index (χ4v) is 2.49. The third-order valence-corrected chi connectivity index (χ3v) is 3.87. The van der Waals surface area contributed by atoms with Gasteiger partial charge in [-0.15, -0.1) is 5.10 Å². The van der Waals surface area contributed by atoms with Gasteiger partial charge in [0.15, 0.2) is 0 Å². The molecule has 1 saturated heterocycles. The van der Waals surface area contributed by atoms with Crippen LogP contribution in [0.3, 0.4) is 0 Å². The average Bonchev–Trinajstić information content (AvgIpc) is 3.04. The summed E-state index contributed by atoms with van der Waals surface area (Å²) >= 11 is 0. The first-order chi connectivity index (χ1) is 10.1. The minimum Gasteiger partial charge on any atom is -0.394 e. The first kappa shape index (κ1) is 16.3. The molecule has 2 rings (SSSR count). The molecule has 0 radical (unpaired) electrons. The molecule has 120 valence electrons. The van der Waals surface area contributed by atoms with Crippen LogP contribution in [-0.4, -0.2) is 79.3 Å². The Balaban J connectivity index is 1.93. The maximum Gasteiger partial charge on any atom is 0.111 e. The molecule has 1 aromatic rings. The van der Waals surface area contributed by atoms with Crippen molar-refractivity contribution in [1.82, 2.24) is 19.9 Å². The Kier molecular flexibility index (Phi) is 5.65. The maximum atomic E-state index is 9.89. The Morgan fingerprint density at radius 3 is 2.48 bits per heavy atom. The highest BCUT2D eigenvalue weighted by Crippen LogP contribution is 2.22. The van der Waals surface area contributed by atoms with E-state index in [1.54, 1.807) is 4.68 Å². The van der Waals surface area contributed by atoms with E-state index in [1.165, 1.54) is 0 Å². The zero-order valence-corrected chi connectivity index (χ0v) is 12.5. The molecule has 1 aliphatic heterocycles. The van der Waals surface area contributed by atoms with E-state index in [0.717, 1.165) is 25.3 Å². The lowest BCUT2D eigenvalue weighted by Gasteiger charge is -2.15. The van der Waals surface area contributed by atoms with Crippen LogP contribution in [0.1, 0.15) is 19.5 Å². The molecule has 0 aliphatic carbocycles. The monoisotopic (exact) mass is 300 g/mol. The van der Waals surface area contributed by atoms with Gasteiger partial charge in [0.05, 0.1) is 18.8 Å². The van der Waals surface area contributed by atoms with Crippen molar-refractivity contribution in [1.29, 1.82) is 0 Å². The molecule has 8 heteroatoms. The molecule has 3 N–H and O–H groups in total. The molecule has 1 aliphatic rings. The lowest BCUT2D eigenvalue weighted by molar-refractivity contribution is -0.0276. The lowest BCUT2D eigenvalue weighted by Crippen LogP contribution is -2.35. The molecule has 0 spiro atoms. The summed E-state index contributed by atoms with van der Waals surface area (Å²) in [5.74, 6) is 0. The molecule has 1 fully saturated rings. The number of aliphatic hydroxyl groups excluding tert-OH is 3. The first-order valence-electron chi connectivity index (χ1n) is 7.32. The highest BCUT2D eigenvalue weighted by Gasteiger charge is 2.42. The molecule has 4 atom stereocenters.